The van der Waals surface area contributed by atoms with E-state index in [1.54, 1.807) is 0 Å². The molecule has 0 saturated carbocycles. The highest BCUT2D eigenvalue weighted by Gasteiger charge is 2.21. The van der Waals surface area contributed by atoms with Crippen LogP contribution in [0.4, 0.5) is 0 Å². The Bertz CT molecular complexity index is 3450. The number of fused-ring (bicyclic) bond motifs is 10. The Labute approximate surface area is 327 Å². The predicted molar refractivity (Wildman–Crippen MR) is 234 cm³/mol. The Morgan fingerprint density at radius 1 is 0.316 bits per heavy atom. The number of hydrogen-bond acceptors (Lipinski definition) is 3. The molecule has 0 unspecified atom stereocenters. The molecule has 4 aromatic heterocycles. The van der Waals surface area contributed by atoms with Crippen LogP contribution >= 0.6 is 0 Å². The Morgan fingerprint density at radius 3 is 1.58 bits per heavy atom. The first kappa shape index (κ1) is 31.5. The number of para-hydroxylation sites is 3. The summed E-state index contributed by atoms with van der Waals surface area (Å²) in [5, 5.41) is 8.49. The maximum Gasteiger partial charge on any atom is 0.238 e. The van der Waals surface area contributed by atoms with Crippen LogP contribution in [0.1, 0.15) is 0 Å². The first-order chi connectivity index (χ1) is 28.3. The van der Waals surface area contributed by atoms with Gasteiger partial charge in [-0.25, -0.2) is 4.98 Å². The summed E-state index contributed by atoms with van der Waals surface area (Å²) in [6.45, 7) is 0. The molecular weight excluding hydrogens is 697 g/mol. The van der Waals surface area contributed by atoms with Gasteiger partial charge in [-0.3, -0.25) is 4.57 Å². The van der Waals surface area contributed by atoms with Gasteiger partial charge in [0, 0.05) is 55.6 Å². The van der Waals surface area contributed by atoms with Crippen LogP contribution in [-0.2, 0) is 0 Å². The van der Waals surface area contributed by atoms with Gasteiger partial charge in [-0.2, -0.15) is 9.97 Å². The molecule has 0 aliphatic heterocycles. The second-order valence-corrected chi connectivity index (χ2v) is 14.5. The molecular formula is C51H32N6. The van der Waals surface area contributed by atoms with E-state index in [9.17, 15) is 0 Å². The molecule has 12 rings (SSSR count). The monoisotopic (exact) mass is 728 g/mol. The van der Waals surface area contributed by atoms with E-state index in [4.69, 9.17) is 15.0 Å². The largest absolute Gasteiger partial charge is 0.317 e. The Balaban J connectivity index is 1.08. The van der Waals surface area contributed by atoms with Gasteiger partial charge in [0.1, 0.15) is 0 Å². The van der Waals surface area contributed by atoms with Gasteiger partial charge in [0.05, 0.1) is 27.6 Å². The molecule has 266 valence electrons. The van der Waals surface area contributed by atoms with E-state index in [1.165, 1.54) is 43.5 Å². The van der Waals surface area contributed by atoms with Gasteiger partial charge in [0.25, 0.3) is 0 Å². The highest BCUT2D eigenvalue weighted by Crippen LogP contribution is 2.41. The van der Waals surface area contributed by atoms with Crippen LogP contribution in [0.3, 0.4) is 0 Å². The molecule has 0 N–H and O–H groups in total. The predicted octanol–water partition coefficient (Wildman–Crippen LogP) is 12.5. The number of benzene rings is 8. The molecule has 0 aliphatic rings. The molecule has 6 nitrogen and oxygen atoms in total. The number of nitrogens with zero attached hydrogens (tertiary/aromatic N) is 6. The summed E-state index contributed by atoms with van der Waals surface area (Å²) in [5.41, 5.74) is 9.74. The first-order valence-electron chi connectivity index (χ1n) is 19.2. The lowest BCUT2D eigenvalue weighted by Crippen LogP contribution is -2.06. The van der Waals surface area contributed by atoms with Crippen molar-refractivity contribution in [3.05, 3.63) is 194 Å². The quantitative estimate of drug-likeness (QED) is 0.177. The van der Waals surface area contributed by atoms with Crippen molar-refractivity contribution in [3.63, 3.8) is 0 Å². The number of aromatic nitrogens is 6. The molecule has 0 atom stereocenters. The maximum atomic E-state index is 5.13. The topological polar surface area (TPSA) is 53.5 Å². The number of hydrogen-bond donors (Lipinski definition) is 0. The standard InChI is InChI=1S/C51H32N6/c1-4-14-33(15-5-1)49-52-50(34-16-6-2-7-17-34)54-51(53-49)57-44-22-12-10-20-38(44)42-32-36(24-27-46(42)57)56-45-23-13-11-21-41(45)48-40-26-28-43-39(37(40)25-29-47(48)56)30-31-55(43)35-18-8-3-9-19-35/h1-32H. The third-order valence-corrected chi connectivity index (χ3v) is 11.3. The molecule has 57 heavy (non-hydrogen) atoms. The van der Waals surface area contributed by atoms with E-state index >= 15 is 0 Å². The fourth-order valence-electron chi connectivity index (χ4n) is 8.80. The molecule has 0 bridgehead atoms. The van der Waals surface area contributed by atoms with Crippen molar-refractivity contribution in [1.29, 1.82) is 0 Å². The molecule has 0 amide bonds. The van der Waals surface area contributed by atoms with Crippen molar-refractivity contribution in [2.75, 3.05) is 0 Å². The molecule has 0 saturated heterocycles. The van der Waals surface area contributed by atoms with Crippen LogP contribution in [0.5, 0.6) is 0 Å². The van der Waals surface area contributed by atoms with Crippen molar-refractivity contribution < 1.29 is 0 Å². The summed E-state index contributed by atoms with van der Waals surface area (Å²) in [6.07, 6.45) is 2.18. The Morgan fingerprint density at radius 2 is 0.860 bits per heavy atom. The van der Waals surface area contributed by atoms with E-state index < -0.39 is 0 Å². The molecule has 0 spiro atoms. The smallest absolute Gasteiger partial charge is 0.238 e. The van der Waals surface area contributed by atoms with E-state index in [1.807, 2.05) is 60.7 Å². The lowest BCUT2D eigenvalue weighted by atomic mass is 10.0. The normalized spacial score (nSPS) is 11.9. The second kappa shape index (κ2) is 12.3. The van der Waals surface area contributed by atoms with Crippen LogP contribution in [0, 0.1) is 0 Å². The van der Waals surface area contributed by atoms with E-state index in [2.05, 4.69) is 147 Å². The zero-order valence-corrected chi connectivity index (χ0v) is 30.7. The highest BCUT2D eigenvalue weighted by atomic mass is 15.2. The van der Waals surface area contributed by atoms with Gasteiger partial charge < -0.3 is 9.13 Å². The van der Waals surface area contributed by atoms with Crippen molar-refractivity contribution >= 4 is 65.3 Å². The summed E-state index contributed by atoms with van der Waals surface area (Å²) in [7, 11) is 0. The van der Waals surface area contributed by atoms with E-state index in [0.29, 0.717) is 17.6 Å². The summed E-state index contributed by atoms with van der Waals surface area (Å²) in [5.74, 6) is 1.85. The molecule has 8 aromatic carbocycles. The van der Waals surface area contributed by atoms with Crippen molar-refractivity contribution in [2.24, 2.45) is 0 Å². The molecule has 6 heteroatoms. The summed E-state index contributed by atoms with van der Waals surface area (Å²) in [4.78, 5) is 15.2. The van der Waals surface area contributed by atoms with Gasteiger partial charge in [0.15, 0.2) is 11.6 Å². The maximum absolute atomic E-state index is 5.13. The van der Waals surface area contributed by atoms with Crippen LogP contribution in [0.15, 0.2) is 194 Å². The Kier molecular flexibility index (Phi) is 6.83. The lowest BCUT2D eigenvalue weighted by Gasteiger charge is -2.12. The average molecular weight is 729 g/mol. The van der Waals surface area contributed by atoms with Crippen LogP contribution in [0.2, 0.25) is 0 Å². The fourth-order valence-corrected chi connectivity index (χ4v) is 8.80. The molecule has 0 aliphatic carbocycles. The minimum Gasteiger partial charge on any atom is -0.317 e. The van der Waals surface area contributed by atoms with Gasteiger partial charge in [-0.1, -0.05) is 127 Å². The molecule has 0 radical (unpaired) electrons. The number of rotatable bonds is 5. The van der Waals surface area contributed by atoms with Crippen molar-refractivity contribution in [3.8, 4) is 40.1 Å². The van der Waals surface area contributed by atoms with Crippen LogP contribution in [0.25, 0.3) is 105 Å². The molecule has 0 fully saturated rings. The lowest BCUT2D eigenvalue weighted by molar-refractivity contribution is 0.953. The van der Waals surface area contributed by atoms with Crippen molar-refractivity contribution in [1.82, 2.24) is 28.7 Å². The third kappa shape index (κ3) is 4.81. The summed E-state index contributed by atoms with van der Waals surface area (Å²) in [6, 6.07) is 66.3. The zero-order chi connectivity index (χ0) is 37.5. The van der Waals surface area contributed by atoms with Gasteiger partial charge in [-0.15, -0.1) is 0 Å². The minimum absolute atomic E-state index is 0.581. The SMILES string of the molecule is c1ccc(-c2nc(-c3ccccc3)nc(-n3c4ccccc4c4cc(-n5c6ccccc6c6c7ccc8c(ccn8-c8ccccc8)c7ccc65)ccc43)n2)cc1. The summed E-state index contributed by atoms with van der Waals surface area (Å²) >= 11 is 0. The van der Waals surface area contributed by atoms with E-state index in [-0.39, 0.29) is 0 Å². The minimum atomic E-state index is 0.581. The van der Waals surface area contributed by atoms with Gasteiger partial charge >= 0.3 is 0 Å². The van der Waals surface area contributed by atoms with Gasteiger partial charge in [0.2, 0.25) is 5.95 Å². The summed E-state index contributed by atoms with van der Waals surface area (Å²) < 4.78 is 6.87. The fraction of sp³-hybridized carbons (Fsp3) is 0. The van der Waals surface area contributed by atoms with Crippen LogP contribution in [-0.4, -0.2) is 28.7 Å². The second-order valence-electron chi connectivity index (χ2n) is 14.5. The first-order valence-corrected chi connectivity index (χ1v) is 19.2. The van der Waals surface area contributed by atoms with E-state index in [0.717, 1.165) is 44.3 Å². The molecule has 12 aromatic rings. The van der Waals surface area contributed by atoms with Gasteiger partial charge in [-0.05, 0) is 71.4 Å². The third-order valence-electron chi connectivity index (χ3n) is 11.3. The van der Waals surface area contributed by atoms with Crippen molar-refractivity contribution in [2.45, 2.75) is 0 Å². The Hall–Kier alpha value is -7.83. The highest BCUT2D eigenvalue weighted by molar-refractivity contribution is 6.25. The molecule has 4 heterocycles. The van der Waals surface area contributed by atoms with Crippen LogP contribution < -0.4 is 0 Å². The average Bonchev–Trinajstić information content (AvgIpc) is 3.97. The zero-order valence-electron chi connectivity index (χ0n) is 30.7.